The van der Waals surface area contributed by atoms with Crippen molar-refractivity contribution in [2.45, 2.75) is 43.8 Å². The number of hydrogen-bond acceptors (Lipinski definition) is 3. The van der Waals surface area contributed by atoms with Gasteiger partial charge in [-0.3, -0.25) is 0 Å². The molecule has 0 spiro atoms. The molecule has 17 heavy (non-hydrogen) atoms. The third kappa shape index (κ3) is 2.09. The summed E-state index contributed by atoms with van der Waals surface area (Å²) in [5.41, 5.74) is 6.47. The maximum absolute atomic E-state index is 6.47. The van der Waals surface area contributed by atoms with E-state index in [1.165, 1.54) is 35.0 Å². The SMILES string of the molecule is CN1C2CCC1CC(C(N)c1sccc1Br)C2. The van der Waals surface area contributed by atoms with Gasteiger partial charge in [0.1, 0.15) is 0 Å². The Bertz CT molecular complexity index is 392. The van der Waals surface area contributed by atoms with Crippen LogP contribution >= 0.6 is 27.3 Å². The molecule has 2 aliphatic heterocycles. The van der Waals surface area contributed by atoms with Crippen LogP contribution in [0.3, 0.4) is 0 Å². The van der Waals surface area contributed by atoms with Crippen LogP contribution in [0.15, 0.2) is 15.9 Å². The number of nitrogens with zero attached hydrogens (tertiary/aromatic N) is 1. The summed E-state index contributed by atoms with van der Waals surface area (Å²) < 4.78 is 1.20. The van der Waals surface area contributed by atoms with Crippen molar-refractivity contribution < 1.29 is 0 Å². The normalized spacial score (nSPS) is 35.1. The monoisotopic (exact) mass is 314 g/mol. The smallest absolute Gasteiger partial charge is 0.0430 e. The maximum Gasteiger partial charge on any atom is 0.0430 e. The molecular formula is C13H19BrN2S. The van der Waals surface area contributed by atoms with E-state index in [2.05, 4.69) is 39.3 Å². The third-order valence-corrected chi connectivity index (χ3v) is 6.56. The molecule has 3 unspecified atom stereocenters. The van der Waals surface area contributed by atoms with Gasteiger partial charge in [-0.1, -0.05) is 0 Å². The zero-order valence-electron chi connectivity index (χ0n) is 10.1. The molecule has 2 bridgehead atoms. The molecule has 2 nitrogen and oxygen atoms in total. The summed E-state index contributed by atoms with van der Waals surface area (Å²) in [6.07, 6.45) is 5.29. The zero-order valence-corrected chi connectivity index (χ0v) is 12.5. The first kappa shape index (κ1) is 12.2. The predicted molar refractivity (Wildman–Crippen MR) is 76.2 cm³/mol. The van der Waals surface area contributed by atoms with Gasteiger partial charge in [-0.2, -0.15) is 0 Å². The van der Waals surface area contributed by atoms with Crippen molar-refractivity contribution in [1.29, 1.82) is 0 Å². The van der Waals surface area contributed by atoms with Crippen molar-refractivity contribution in [2.24, 2.45) is 11.7 Å². The van der Waals surface area contributed by atoms with Gasteiger partial charge in [-0.05, 0) is 66.0 Å². The van der Waals surface area contributed by atoms with Crippen molar-refractivity contribution >= 4 is 27.3 Å². The molecule has 3 atom stereocenters. The highest BCUT2D eigenvalue weighted by molar-refractivity contribution is 9.10. The lowest BCUT2D eigenvalue weighted by Crippen LogP contribution is -2.42. The van der Waals surface area contributed by atoms with Gasteiger partial charge >= 0.3 is 0 Å². The highest BCUT2D eigenvalue weighted by Gasteiger charge is 2.40. The van der Waals surface area contributed by atoms with Crippen LogP contribution in [-0.4, -0.2) is 24.0 Å². The van der Waals surface area contributed by atoms with Crippen molar-refractivity contribution in [1.82, 2.24) is 4.90 Å². The summed E-state index contributed by atoms with van der Waals surface area (Å²) in [5, 5.41) is 2.13. The van der Waals surface area contributed by atoms with E-state index < -0.39 is 0 Å². The molecule has 3 heterocycles. The Morgan fingerprint density at radius 3 is 2.59 bits per heavy atom. The number of piperidine rings is 1. The molecule has 0 aliphatic carbocycles. The number of hydrogen-bond donors (Lipinski definition) is 1. The van der Waals surface area contributed by atoms with E-state index in [9.17, 15) is 0 Å². The fourth-order valence-corrected chi connectivity index (χ4v) is 5.24. The third-order valence-electron chi connectivity index (χ3n) is 4.59. The number of thiophene rings is 1. The summed E-state index contributed by atoms with van der Waals surface area (Å²) in [4.78, 5) is 3.91. The van der Waals surface area contributed by atoms with E-state index in [1.54, 1.807) is 11.3 Å². The minimum Gasteiger partial charge on any atom is -0.323 e. The van der Waals surface area contributed by atoms with Crippen molar-refractivity contribution in [3.8, 4) is 0 Å². The van der Waals surface area contributed by atoms with Gasteiger partial charge in [0.2, 0.25) is 0 Å². The van der Waals surface area contributed by atoms with Gasteiger partial charge in [0.05, 0.1) is 0 Å². The van der Waals surface area contributed by atoms with E-state index in [0.717, 1.165) is 12.1 Å². The molecule has 2 saturated heterocycles. The Balaban J connectivity index is 1.76. The number of halogens is 1. The highest BCUT2D eigenvalue weighted by atomic mass is 79.9. The summed E-state index contributed by atoms with van der Waals surface area (Å²) in [6, 6.07) is 3.90. The van der Waals surface area contributed by atoms with E-state index in [4.69, 9.17) is 5.73 Å². The minimum atomic E-state index is 0.223. The average Bonchev–Trinajstić information content (AvgIpc) is 2.79. The zero-order chi connectivity index (χ0) is 12.0. The first-order valence-corrected chi connectivity index (χ1v) is 8.04. The number of fused-ring (bicyclic) bond motifs is 2. The average molecular weight is 315 g/mol. The molecule has 0 aromatic carbocycles. The van der Waals surface area contributed by atoms with Crippen molar-refractivity contribution in [3.05, 3.63) is 20.8 Å². The standard InChI is InChI=1S/C13H19BrN2S/c1-16-9-2-3-10(16)7-8(6-9)12(15)13-11(14)4-5-17-13/h4-5,8-10,12H,2-3,6-7,15H2,1H3. The van der Waals surface area contributed by atoms with Gasteiger partial charge in [-0.15, -0.1) is 11.3 Å². The first-order valence-electron chi connectivity index (χ1n) is 6.37. The predicted octanol–water partition coefficient (Wildman–Crippen LogP) is 3.38. The van der Waals surface area contributed by atoms with Crippen LogP contribution in [0.4, 0.5) is 0 Å². The summed E-state index contributed by atoms with van der Waals surface area (Å²) >= 11 is 5.40. The quantitative estimate of drug-likeness (QED) is 0.906. The Labute approximate surface area is 115 Å². The molecule has 2 aliphatic rings. The molecule has 0 saturated carbocycles. The Morgan fingerprint density at radius 1 is 1.41 bits per heavy atom. The van der Waals surface area contributed by atoms with Crippen LogP contribution in [0.5, 0.6) is 0 Å². The second-order valence-electron chi connectivity index (χ2n) is 5.44. The number of rotatable bonds is 2. The fourth-order valence-electron chi connectivity index (χ4n) is 3.50. The molecule has 0 amide bonds. The van der Waals surface area contributed by atoms with Gasteiger partial charge in [0, 0.05) is 27.5 Å². The number of nitrogens with two attached hydrogens (primary N) is 1. The van der Waals surface area contributed by atoms with Crippen LogP contribution in [0.2, 0.25) is 0 Å². The Kier molecular flexibility index (Phi) is 3.32. The van der Waals surface area contributed by atoms with Crippen LogP contribution < -0.4 is 5.73 Å². The minimum absolute atomic E-state index is 0.223. The topological polar surface area (TPSA) is 29.3 Å². The summed E-state index contributed by atoms with van der Waals surface area (Å²) in [7, 11) is 2.28. The molecule has 3 rings (SSSR count). The molecule has 1 aromatic rings. The van der Waals surface area contributed by atoms with Gasteiger partial charge in [0.15, 0.2) is 0 Å². The fraction of sp³-hybridized carbons (Fsp3) is 0.692. The van der Waals surface area contributed by atoms with E-state index in [0.29, 0.717) is 5.92 Å². The lowest BCUT2D eigenvalue weighted by Gasteiger charge is -2.38. The van der Waals surface area contributed by atoms with Crippen LogP contribution in [0.1, 0.15) is 36.6 Å². The molecule has 1 aromatic heterocycles. The Morgan fingerprint density at radius 2 is 2.06 bits per heavy atom. The summed E-state index contributed by atoms with van der Waals surface area (Å²) in [5.74, 6) is 0.665. The first-order chi connectivity index (χ1) is 8.16. The van der Waals surface area contributed by atoms with Gasteiger partial charge < -0.3 is 10.6 Å². The van der Waals surface area contributed by atoms with Crippen molar-refractivity contribution in [3.63, 3.8) is 0 Å². The van der Waals surface area contributed by atoms with Crippen LogP contribution in [0, 0.1) is 5.92 Å². The Hall–Kier alpha value is 0.100. The van der Waals surface area contributed by atoms with E-state index in [-0.39, 0.29) is 6.04 Å². The highest BCUT2D eigenvalue weighted by Crippen LogP contribution is 2.43. The van der Waals surface area contributed by atoms with E-state index in [1.807, 2.05) is 0 Å². The second-order valence-corrected chi connectivity index (χ2v) is 7.24. The lowest BCUT2D eigenvalue weighted by atomic mass is 9.85. The van der Waals surface area contributed by atoms with E-state index >= 15 is 0 Å². The van der Waals surface area contributed by atoms with Gasteiger partial charge in [0.25, 0.3) is 0 Å². The molecule has 4 heteroatoms. The molecule has 0 radical (unpaired) electrons. The van der Waals surface area contributed by atoms with Crippen LogP contribution in [-0.2, 0) is 0 Å². The molecule has 2 N–H and O–H groups in total. The molecule has 2 fully saturated rings. The van der Waals surface area contributed by atoms with Crippen LogP contribution in [0.25, 0.3) is 0 Å². The maximum atomic E-state index is 6.47. The summed E-state index contributed by atoms with van der Waals surface area (Å²) in [6.45, 7) is 0. The molecular weight excluding hydrogens is 296 g/mol. The van der Waals surface area contributed by atoms with Crippen molar-refractivity contribution in [2.75, 3.05) is 7.05 Å². The van der Waals surface area contributed by atoms with Gasteiger partial charge in [-0.25, -0.2) is 0 Å². The largest absolute Gasteiger partial charge is 0.323 e. The lowest BCUT2D eigenvalue weighted by molar-refractivity contribution is 0.121. The second kappa shape index (κ2) is 4.65. The molecule has 94 valence electrons.